The molecule has 1 N–H and O–H groups in total. The zero-order chi connectivity index (χ0) is 14.3. The van der Waals surface area contributed by atoms with Gasteiger partial charge in [0.25, 0.3) is 0 Å². The van der Waals surface area contributed by atoms with Crippen molar-refractivity contribution in [2.75, 3.05) is 24.6 Å². The van der Waals surface area contributed by atoms with Gasteiger partial charge < -0.3 is 9.64 Å². The molecule has 0 aliphatic heterocycles. The molecule has 1 unspecified atom stereocenters. The first kappa shape index (κ1) is 15.9. The fourth-order valence-electron chi connectivity index (χ4n) is 1.62. The Morgan fingerprint density at radius 1 is 1.47 bits per heavy atom. The maximum atomic E-state index is 11.5. The van der Waals surface area contributed by atoms with Gasteiger partial charge in [-0.15, -0.1) is 11.3 Å². The Hall–Kier alpha value is -1.14. The molecule has 1 heterocycles. The van der Waals surface area contributed by atoms with Crippen LogP contribution >= 0.6 is 11.3 Å². The third kappa shape index (κ3) is 4.80. The molecule has 1 aromatic rings. The predicted octanol–water partition coefficient (Wildman–Crippen LogP) is 2.03. The van der Waals surface area contributed by atoms with E-state index in [9.17, 15) is 4.79 Å². The molecule has 1 atom stereocenters. The molecule has 5 nitrogen and oxygen atoms in total. The number of nitrogens with one attached hydrogen (secondary N) is 1. The van der Waals surface area contributed by atoms with E-state index in [1.54, 1.807) is 11.3 Å². The van der Waals surface area contributed by atoms with Crippen LogP contribution < -0.4 is 10.2 Å². The first-order valence-electron chi connectivity index (χ1n) is 6.71. The molecule has 0 radical (unpaired) electrons. The Labute approximate surface area is 119 Å². The van der Waals surface area contributed by atoms with Gasteiger partial charge in [-0.25, -0.2) is 4.98 Å². The van der Waals surface area contributed by atoms with Crippen LogP contribution in [0.15, 0.2) is 6.20 Å². The van der Waals surface area contributed by atoms with Crippen molar-refractivity contribution in [2.45, 2.75) is 40.3 Å². The Balaban J connectivity index is 2.48. The van der Waals surface area contributed by atoms with Crippen LogP contribution in [-0.2, 0) is 16.1 Å². The standard InChI is InChI=1S/C13H23N3O2S/c1-5-16(6-2)13-15-9-11(19-13)8-14-10(4)12(17)18-7-3/h9-10,14H,5-8H2,1-4H3. The van der Waals surface area contributed by atoms with Gasteiger partial charge in [-0.05, 0) is 27.7 Å². The molecular weight excluding hydrogens is 262 g/mol. The second-order valence-electron chi connectivity index (χ2n) is 4.14. The van der Waals surface area contributed by atoms with Crippen molar-refractivity contribution in [1.82, 2.24) is 10.3 Å². The normalized spacial score (nSPS) is 12.2. The van der Waals surface area contributed by atoms with E-state index in [0.29, 0.717) is 13.2 Å². The molecule has 0 saturated heterocycles. The Morgan fingerprint density at radius 2 is 2.16 bits per heavy atom. The highest BCUT2D eigenvalue weighted by Gasteiger charge is 2.14. The molecule has 0 aromatic carbocycles. The lowest BCUT2D eigenvalue weighted by atomic mass is 10.3. The van der Waals surface area contributed by atoms with Gasteiger partial charge in [-0.3, -0.25) is 10.1 Å². The van der Waals surface area contributed by atoms with Crippen LogP contribution in [0.3, 0.4) is 0 Å². The van der Waals surface area contributed by atoms with Crippen LogP contribution in [0, 0.1) is 0 Å². The van der Waals surface area contributed by atoms with Gasteiger partial charge in [-0.1, -0.05) is 0 Å². The van der Waals surface area contributed by atoms with E-state index in [1.165, 1.54) is 0 Å². The number of esters is 1. The van der Waals surface area contributed by atoms with Gasteiger partial charge >= 0.3 is 5.97 Å². The van der Waals surface area contributed by atoms with Gasteiger partial charge in [0.1, 0.15) is 6.04 Å². The van der Waals surface area contributed by atoms with E-state index in [0.717, 1.165) is 23.1 Å². The molecule has 0 saturated carbocycles. The average Bonchev–Trinajstić information content (AvgIpc) is 2.86. The summed E-state index contributed by atoms with van der Waals surface area (Å²) in [4.78, 5) is 19.2. The lowest BCUT2D eigenvalue weighted by Gasteiger charge is -2.16. The van der Waals surface area contributed by atoms with Crippen LogP contribution in [0.25, 0.3) is 0 Å². The third-order valence-corrected chi connectivity index (χ3v) is 3.86. The lowest BCUT2D eigenvalue weighted by Crippen LogP contribution is -2.34. The summed E-state index contributed by atoms with van der Waals surface area (Å²) in [7, 11) is 0. The Kier molecular flexibility index (Phi) is 6.80. The van der Waals surface area contributed by atoms with E-state index >= 15 is 0 Å². The minimum absolute atomic E-state index is 0.212. The smallest absolute Gasteiger partial charge is 0.322 e. The van der Waals surface area contributed by atoms with Crippen molar-refractivity contribution in [3.63, 3.8) is 0 Å². The number of hydrogen-bond acceptors (Lipinski definition) is 6. The molecule has 0 bridgehead atoms. The number of carbonyl (C=O) groups excluding carboxylic acids is 1. The Bertz CT molecular complexity index is 391. The fraction of sp³-hybridized carbons (Fsp3) is 0.692. The molecular formula is C13H23N3O2S. The highest BCUT2D eigenvalue weighted by molar-refractivity contribution is 7.15. The zero-order valence-corrected chi connectivity index (χ0v) is 12.9. The topological polar surface area (TPSA) is 54.5 Å². The second kappa shape index (κ2) is 8.12. The van der Waals surface area contributed by atoms with E-state index in [2.05, 4.69) is 29.0 Å². The van der Waals surface area contributed by atoms with Gasteiger partial charge in [0.15, 0.2) is 5.13 Å². The molecule has 6 heteroatoms. The Morgan fingerprint density at radius 3 is 2.74 bits per heavy atom. The molecule has 1 rings (SSSR count). The summed E-state index contributed by atoms with van der Waals surface area (Å²) in [5, 5.41) is 4.18. The fourth-order valence-corrected chi connectivity index (χ4v) is 2.61. The minimum atomic E-state index is -0.293. The van der Waals surface area contributed by atoms with Crippen LogP contribution in [0.1, 0.15) is 32.6 Å². The lowest BCUT2D eigenvalue weighted by molar-refractivity contribution is -0.145. The number of aromatic nitrogens is 1. The largest absolute Gasteiger partial charge is 0.465 e. The van der Waals surface area contributed by atoms with Crippen LogP contribution in [0.4, 0.5) is 5.13 Å². The minimum Gasteiger partial charge on any atom is -0.465 e. The summed E-state index contributed by atoms with van der Waals surface area (Å²) in [5.41, 5.74) is 0. The van der Waals surface area contributed by atoms with Crippen LogP contribution in [0.5, 0.6) is 0 Å². The van der Waals surface area contributed by atoms with E-state index in [4.69, 9.17) is 4.74 Å². The van der Waals surface area contributed by atoms with Crippen molar-refractivity contribution < 1.29 is 9.53 Å². The number of rotatable bonds is 8. The van der Waals surface area contributed by atoms with Crippen LogP contribution in [0.2, 0.25) is 0 Å². The summed E-state index contributed by atoms with van der Waals surface area (Å²) in [6, 6.07) is -0.293. The maximum Gasteiger partial charge on any atom is 0.322 e. The molecule has 0 aliphatic rings. The number of thiazole rings is 1. The number of anilines is 1. The number of nitrogens with zero attached hydrogens (tertiary/aromatic N) is 2. The highest BCUT2D eigenvalue weighted by Crippen LogP contribution is 2.22. The third-order valence-electron chi connectivity index (χ3n) is 2.80. The number of carbonyl (C=O) groups is 1. The first-order valence-corrected chi connectivity index (χ1v) is 7.53. The molecule has 1 aromatic heterocycles. The molecule has 0 fully saturated rings. The maximum absolute atomic E-state index is 11.5. The van der Waals surface area contributed by atoms with Crippen molar-refractivity contribution in [1.29, 1.82) is 0 Å². The quantitative estimate of drug-likeness (QED) is 0.741. The zero-order valence-electron chi connectivity index (χ0n) is 12.1. The average molecular weight is 285 g/mol. The van der Waals surface area contributed by atoms with Gasteiger partial charge in [0, 0.05) is 30.7 Å². The van der Waals surface area contributed by atoms with E-state index in [1.807, 2.05) is 20.0 Å². The van der Waals surface area contributed by atoms with Crippen molar-refractivity contribution in [3.05, 3.63) is 11.1 Å². The molecule has 0 aliphatic carbocycles. The van der Waals surface area contributed by atoms with E-state index in [-0.39, 0.29) is 12.0 Å². The summed E-state index contributed by atoms with van der Waals surface area (Å²) in [6.07, 6.45) is 1.86. The summed E-state index contributed by atoms with van der Waals surface area (Å²) < 4.78 is 4.95. The van der Waals surface area contributed by atoms with Crippen molar-refractivity contribution in [3.8, 4) is 0 Å². The number of hydrogen-bond donors (Lipinski definition) is 1. The first-order chi connectivity index (χ1) is 9.12. The summed E-state index contributed by atoms with van der Waals surface area (Å²) >= 11 is 1.66. The molecule has 0 spiro atoms. The number of ether oxygens (including phenoxy) is 1. The van der Waals surface area contributed by atoms with Crippen molar-refractivity contribution in [2.24, 2.45) is 0 Å². The van der Waals surface area contributed by atoms with Gasteiger partial charge in [0.05, 0.1) is 6.61 Å². The van der Waals surface area contributed by atoms with Gasteiger partial charge in [-0.2, -0.15) is 0 Å². The van der Waals surface area contributed by atoms with Gasteiger partial charge in [0.2, 0.25) is 0 Å². The van der Waals surface area contributed by atoms with E-state index < -0.39 is 0 Å². The SMILES string of the molecule is CCOC(=O)C(C)NCc1cnc(N(CC)CC)s1. The summed E-state index contributed by atoms with van der Waals surface area (Å²) in [5.74, 6) is -0.212. The molecule has 19 heavy (non-hydrogen) atoms. The molecule has 0 amide bonds. The monoisotopic (exact) mass is 285 g/mol. The summed E-state index contributed by atoms with van der Waals surface area (Å²) in [6.45, 7) is 10.8. The van der Waals surface area contributed by atoms with Crippen molar-refractivity contribution >= 4 is 22.4 Å². The van der Waals surface area contributed by atoms with Crippen LogP contribution in [-0.4, -0.2) is 36.7 Å². The highest BCUT2D eigenvalue weighted by atomic mass is 32.1. The molecule has 108 valence electrons. The second-order valence-corrected chi connectivity index (χ2v) is 5.23. The predicted molar refractivity (Wildman–Crippen MR) is 78.6 cm³/mol.